The van der Waals surface area contributed by atoms with Crippen LogP contribution in [0.5, 0.6) is 0 Å². The number of halogens is 1. The fraction of sp³-hybridized carbons (Fsp3) is 0.357. The largest absolute Gasteiger partial charge is 0.326 e. The SMILES string of the molecule is Cc1cnn(-c2ccc(S(=O)(=O)N3CC[C@@H](N)C3)cc2F)c1. The summed E-state index contributed by atoms with van der Waals surface area (Å²) < 4.78 is 41.9. The van der Waals surface area contributed by atoms with Gasteiger partial charge in [0.25, 0.3) is 0 Å². The number of sulfonamides is 1. The number of aromatic nitrogens is 2. The zero-order valence-electron chi connectivity index (χ0n) is 12.1. The average Bonchev–Trinajstić information content (AvgIpc) is 3.08. The summed E-state index contributed by atoms with van der Waals surface area (Å²) in [7, 11) is -3.70. The minimum absolute atomic E-state index is 0.0632. The second-order valence-electron chi connectivity index (χ2n) is 5.49. The molecular weight excluding hydrogens is 307 g/mol. The van der Waals surface area contributed by atoms with Crippen LogP contribution in [-0.4, -0.2) is 41.6 Å². The van der Waals surface area contributed by atoms with E-state index in [0.717, 1.165) is 11.6 Å². The zero-order chi connectivity index (χ0) is 15.9. The Labute approximate surface area is 128 Å². The second kappa shape index (κ2) is 5.45. The number of nitrogens with two attached hydrogens (primary N) is 1. The molecule has 6 nitrogen and oxygen atoms in total. The minimum Gasteiger partial charge on any atom is -0.326 e. The number of hydrogen-bond acceptors (Lipinski definition) is 4. The highest BCUT2D eigenvalue weighted by molar-refractivity contribution is 7.89. The van der Waals surface area contributed by atoms with Crippen LogP contribution in [0.25, 0.3) is 5.69 Å². The number of hydrogen-bond donors (Lipinski definition) is 1. The van der Waals surface area contributed by atoms with E-state index in [9.17, 15) is 12.8 Å². The number of nitrogens with zero attached hydrogens (tertiary/aromatic N) is 3. The maximum atomic E-state index is 14.3. The van der Waals surface area contributed by atoms with Crippen molar-refractivity contribution in [3.8, 4) is 5.69 Å². The van der Waals surface area contributed by atoms with Gasteiger partial charge >= 0.3 is 0 Å². The molecule has 3 rings (SSSR count). The molecule has 1 fully saturated rings. The van der Waals surface area contributed by atoms with E-state index in [-0.39, 0.29) is 23.2 Å². The van der Waals surface area contributed by atoms with Crippen molar-refractivity contribution in [1.29, 1.82) is 0 Å². The molecule has 2 N–H and O–H groups in total. The molecule has 2 heterocycles. The van der Waals surface area contributed by atoms with E-state index >= 15 is 0 Å². The zero-order valence-corrected chi connectivity index (χ0v) is 12.9. The van der Waals surface area contributed by atoms with Crippen LogP contribution in [0.15, 0.2) is 35.5 Å². The predicted octanol–water partition coefficient (Wildman–Crippen LogP) is 1.04. The van der Waals surface area contributed by atoms with Gasteiger partial charge in [0.05, 0.1) is 11.1 Å². The van der Waals surface area contributed by atoms with Crippen molar-refractivity contribution in [2.24, 2.45) is 5.73 Å². The van der Waals surface area contributed by atoms with Crippen LogP contribution < -0.4 is 5.73 Å². The molecule has 1 aliphatic rings. The molecule has 0 radical (unpaired) electrons. The Hall–Kier alpha value is -1.77. The monoisotopic (exact) mass is 324 g/mol. The standard InChI is InChI=1S/C14H17FN4O2S/c1-10-7-17-19(8-10)14-3-2-12(6-13(14)15)22(20,21)18-5-4-11(16)9-18/h2-3,6-8,11H,4-5,9,16H2,1H3/t11-/m1/s1. The second-order valence-corrected chi connectivity index (χ2v) is 7.43. The first-order valence-corrected chi connectivity index (χ1v) is 8.39. The van der Waals surface area contributed by atoms with Gasteiger partial charge < -0.3 is 5.73 Å². The van der Waals surface area contributed by atoms with E-state index in [2.05, 4.69) is 5.10 Å². The lowest BCUT2D eigenvalue weighted by molar-refractivity contribution is 0.471. The van der Waals surface area contributed by atoms with Gasteiger partial charge in [0.2, 0.25) is 10.0 Å². The van der Waals surface area contributed by atoms with Crippen LogP contribution in [0.4, 0.5) is 4.39 Å². The predicted molar refractivity (Wildman–Crippen MR) is 79.6 cm³/mol. The maximum Gasteiger partial charge on any atom is 0.243 e. The van der Waals surface area contributed by atoms with E-state index in [1.54, 1.807) is 12.4 Å². The van der Waals surface area contributed by atoms with Crippen molar-refractivity contribution in [2.75, 3.05) is 13.1 Å². The first-order chi connectivity index (χ1) is 10.4. The van der Waals surface area contributed by atoms with Gasteiger partial charge in [0.1, 0.15) is 11.5 Å². The number of rotatable bonds is 3. The Balaban J connectivity index is 1.95. The fourth-order valence-corrected chi connectivity index (χ4v) is 4.02. The van der Waals surface area contributed by atoms with E-state index < -0.39 is 15.8 Å². The Morgan fingerprint density at radius 2 is 2.18 bits per heavy atom. The van der Waals surface area contributed by atoms with E-state index in [1.807, 2.05) is 6.92 Å². The average molecular weight is 324 g/mol. The highest BCUT2D eigenvalue weighted by Crippen LogP contribution is 2.23. The van der Waals surface area contributed by atoms with Gasteiger partial charge in [-0.1, -0.05) is 0 Å². The third-order valence-corrected chi connectivity index (χ3v) is 5.56. The van der Waals surface area contributed by atoms with E-state index in [4.69, 9.17) is 5.73 Å². The van der Waals surface area contributed by atoms with Gasteiger partial charge in [-0.25, -0.2) is 17.5 Å². The van der Waals surface area contributed by atoms with Crippen molar-refractivity contribution in [2.45, 2.75) is 24.3 Å². The van der Waals surface area contributed by atoms with Gasteiger partial charge in [0, 0.05) is 25.3 Å². The van der Waals surface area contributed by atoms with Crippen LogP contribution in [-0.2, 0) is 10.0 Å². The summed E-state index contributed by atoms with van der Waals surface area (Å²) in [5.41, 5.74) is 6.84. The molecule has 2 aromatic rings. The normalized spacial score (nSPS) is 19.7. The van der Waals surface area contributed by atoms with E-state index in [1.165, 1.54) is 21.1 Å². The molecule has 118 valence electrons. The van der Waals surface area contributed by atoms with Crippen LogP contribution in [0, 0.1) is 12.7 Å². The molecule has 0 unspecified atom stereocenters. The first-order valence-electron chi connectivity index (χ1n) is 6.95. The van der Waals surface area contributed by atoms with E-state index in [0.29, 0.717) is 13.0 Å². The molecule has 0 amide bonds. The molecule has 22 heavy (non-hydrogen) atoms. The third kappa shape index (κ3) is 2.65. The Morgan fingerprint density at radius 1 is 1.41 bits per heavy atom. The lowest BCUT2D eigenvalue weighted by Crippen LogP contribution is -2.32. The number of benzene rings is 1. The molecule has 1 aromatic carbocycles. The summed E-state index contributed by atoms with van der Waals surface area (Å²) >= 11 is 0. The van der Waals surface area contributed by atoms with Crippen molar-refractivity contribution in [3.05, 3.63) is 42.0 Å². The lowest BCUT2D eigenvalue weighted by Gasteiger charge is -2.16. The van der Waals surface area contributed by atoms with Crippen molar-refractivity contribution >= 4 is 10.0 Å². The fourth-order valence-electron chi connectivity index (χ4n) is 2.50. The summed E-state index contributed by atoms with van der Waals surface area (Å²) in [4.78, 5) is -0.0632. The highest BCUT2D eigenvalue weighted by atomic mass is 32.2. The van der Waals surface area contributed by atoms with Gasteiger partial charge in [-0.2, -0.15) is 9.40 Å². The van der Waals surface area contributed by atoms with Crippen LogP contribution >= 0.6 is 0 Å². The maximum absolute atomic E-state index is 14.3. The molecule has 0 bridgehead atoms. The quantitative estimate of drug-likeness (QED) is 0.915. The molecule has 0 aliphatic carbocycles. The Morgan fingerprint density at radius 3 is 2.73 bits per heavy atom. The van der Waals surface area contributed by atoms with Gasteiger partial charge in [-0.15, -0.1) is 0 Å². The topological polar surface area (TPSA) is 81.2 Å². The Kier molecular flexibility index (Phi) is 3.75. The third-order valence-electron chi connectivity index (χ3n) is 3.70. The highest BCUT2D eigenvalue weighted by Gasteiger charge is 2.31. The molecule has 8 heteroatoms. The van der Waals surface area contributed by atoms with Crippen LogP contribution in [0.3, 0.4) is 0 Å². The molecule has 1 aliphatic heterocycles. The lowest BCUT2D eigenvalue weighted by atomic mass is 10.3. The molecular formula is C14H17FN4O2S. The molecule has 0 saturated carbocycles. The van der Waals surface area contributed by atoms with Crippen molar-refractivity contribution < 1.29 is 12.8 Å². The minimum atomic E-state index is -3.70. The summed E-state index contributed by atoms with van der Waals surface area (Å²) in [6.45, 7) is 2.48. The summed E-state index contributed by atoms with van der Waals surface area (Å²) in [6.07, 6.45) is 3.90. The van der Waals surface area contributed by atoms with Crippen LogP contribution in [0.2, 0.25) is 0 Å². The molecule has 1 atom stereocenters. The number of aryl methyl sites for hydroxylation is 1. The molecule has 1 aromatic heterocycles. The summed E-state index contributed by atoms with van der Waals surface area (Å²) in [6, 6.07) is 3.69. The van der Waals surface area contributed by atoms with Crippen LogP contribution in [0.1, 0.15) is 12.0 Å². The molecule has 0 spiro atoms. The van der Waals surface area contributed by atoms with Crippen molar-refractivity contribution in [3.63, 3.8) is 0 Å². The van der Waals surface area contributed by atoms with Gasteiger partial charge in [-0.3, -0.25) is 0 Å². The summed E-state index contributed by atoms with van der Waals surface area (Å²) in [5, 5.41) is 4.03. The van der Waals surface area contributed by atoms with Gasteiger partial charge in [0.15, 0.2) is 0 Å². The Bertz CT molecular complexity index is 803. The summed E-state index contributed by atoms with van der Waals surface area (Å²) in [5.74, 6) is -0.632. The molecule has 1 saturated heterocycles. The van der Waals surface area contributed by atoms with Gasteiger partial charge in [-0.05, 0) is 37.1 Å². The first kappa shape index (κ1) is 15.1. The smallest absolute Gasteiger partial charge is 0.243 e. The van der Waals surface area contributed by atoms with Crippen molar-refractivity contribution in [1.82, 2.24) is 14.1 Å².